The predicted molar refractivity (Wildman–Crippen MR) is 66.8 cm³/mol. The number of anilines is 1. The number of hydrogen-bond acceptors (Lipinski definition) is 2. The van der Waals surface area contributed by atoms with Gasteiger partial charge in [0, 0.05) is 4.47 Å². The summed E-state index contributed by atoms with van der Waals surface area (Å²) in [4.78, 5) is 11.9. The summed E-state index contributed by atoms with van der Waals surface area (Å²) in [5, 5.41) is 2.90. The van der Waals surface area contributed by atoms with E-state index >= 15 is 0 Å². The second-order valence-electron chi connectivity index (χ2n) is 4.73. The van der Waals surface area contributed by atoms with Crippen LogP contribution < -0.4 is 10.1 Å². The maximum Gasteiger partial charge on any atom is 0.233 e. The zero-order valence-corrected chi connectivity index (χ0v) is 11.1. The summed E-state index contributed by atoms with van der Waals surface area (Å²) in [5.74, 6) is 0.755. The van der Waals surface area contributed by atoms with Crippen LogP contribution in [0.15, 0.2) is 16.6 Å². The largest absolute Gasteiger partial charge is 0.490 e. The molecule has 0 saturated carbocycles. The van der Waals surface area contributed by atoms with Gasteiger partial charge >= 0.3 is 0 Å². The monoisotopic (exact) mass is 283 g/mol. The molecule has 1 heterocycles. The molecule has 0 atom stereocenters. The Morgan fingerprint density at radius 2 is 2.12 bits per heavy atom. The lowest BCUT2D eigenvalue weighted by Crippen LogP contribution is -2.33. The first kappa shape index (κ1) is 11.5. The van der Waals surface area contributed by atoms with E-state index in [1.807, 2.05) is 32.9 Å². The van der Waals surface area contributed by atoms with Crippen molar-refractivity contribution in [3.05, 3.63) is 22.2 Å². The van der Waals surface area contributed by atoms with E-state index < -0.39 is 5.41 Å². The first-order valence-electron chi connectivity index (χ1n) is 5.14. The lowest BCUT2D eigenvalue weighted by Gasteiger charge is -2.18. The molecule has 4 heteroatoms. The average molecular weight is 284 g/mol. The molecule has 1 aliphatic rings. The van der Waals surface area contributed by atoms with E-state index in [4.69, 9.17) is 4.74 Å². The Morgan fingerprint density at radius 1 is 1.44 bits per heavy atom. The quantitative estimate of drug-likeness (QED) is 0.795. The number of aryl methyl sites for hydroxylation is 1. The summed E-state index contributed by atoms with van der Waals surface area (Å²) in [5.41, 5.74) is 1.25. The third-order valence-corrected chi connectivity index (χ3v) is 3.14. The zero-order chi connectivity index (χ0) is 11.9. The maximum absolute atomic E-state index is 11.9. The van der Waals surface area contributed by atoms with Crippen molar-refractivity contribution in [1.82, 2.24) is 0 Å². The van der Waals surface area contributed by atoms with Crippen LogP contribution in [0.25, 0.3) is 0 Å². The van der Waals surface area contributed by atoms with Crippen molar-refractivity contribution in [1.29, 1.82) is 0 Å². The van der Waals surface area contributed by atoms with Crippen molar-refractivity contribution in [2.75, 3.05) is 11.9 Å². The van der Waals surface area contributed by atoms with E-state index in [1.165, 1.54) is 0 Å². The van der Waals surface area contributed by atoms with Crippen LogP contribution in [0.5, 0.6) is 5.75 Å². The zero-order valence-electron chi connectivity index (χ0n) is 9.56. The fourth-order valence-electron chi connectivity index (χ4n) is 1.62. The number of halogens is 1. The van der Waals surface area contributed by atoms with Gasteiger partial charge in [-0.2, -0.15) is 0 Å². The van der Waals surface area contributed by atoms with Gasteiger partial charge in [-0.1, -0.05) is 15.9 Å². The van der Waals surface area contributed by atoms with E-state index in [2.05, 4.69) is 21.2 Å². The first-order valence-corrected chi connectivity index (χ1v) is 5.94. The SMILES string of the molecule is Cc1cc(Br)cc2c1OCC(C)(C)C(=O)N2. The molecule has 0 bridgehead atoms. The van der Waals surface area contributed by atoms with Crippen molar-refractivity contribution in [2.24, 2.45) is 5.41 Å². The van der Waals surface area contributed by atoms with Crippen LogP contribution in [0.4, 0.5) is 5.69 Å². The summed E-state index contributed by atoms with van der Waals surface area (Å²) in [6, 6.07) is 3.84. The van der Waals surface area contributed by atoms with E-state index in [1.54, 1.807) is 0 Å². The molecule has 0 aliphatic carbocycles. The lowest BCUT2D eigenvalue weighted by molar-refractivity contribution is -0.124. The van der Waals surface area contributed by atoms with Gasteiger partial charge in [-0.05, 0) is 38.5 Å². The smallest absolute Gasteiger partial charge is 0.233 e. The summed E-state index contributed by atoms with van der Waals surface area (Å²) in [7, 11) is 0. The number of nitrogens with one attached hydrogen (secondary N) is 1. The van der Waals surface area contributed by atoms with Gasteiger partial charge in [0.05, 0.1) is 11.1 Å². The number of carbonyl (C=O) groups excluding carboxylic acids is 1. The van der Waals surface area contributed by atoms with Crippen molar-refractivity contribution in [3.63, 3.8) is 0 Å². The van der Waals surface area contributed by atoms with Crippen molar-refractivity contribution < 1.29 is 9.53 Å². The molecule has 1 aromatic carbocycles. The first-order chi connectivity index (χ1) is 7.40. The molecule has 0 aromatic heterocycles. The van der Waals surface area contributed by atoms with Crippen LogP contribution in [0.1, 0.15) is 19.4 Å². The highest BCUT2D eigenvalue weighted by molar-refractivity contribution is 9.10. The highest BCUT2D eigenvalue weighted by atomic mass is 79.9. The molecular weight excluding hydrogens is 270 g/mol. The topological polar surface area (TPSA) is 38.3 Å². The van der Waals surface area contributed by atoms with Crippen LogP contribution in [-0.2, 0) is 4.79 Å². The molecule has 0 fully saturated rings. The van der Waals surface area contributed by atoms with Gasteiger partial charge in [0.25, 0.3) is 0 Å². The highest BCUT2D eigenvalue weighted by Crippen LogP contribution is 2.36. The Kier molecular flexibility index (Phi) is 2.70. The van der Waals surface area contributed by atoms with Gasteiger partial charge in [0.15, 0.2) is 0 Å². The number of rotatable bonds is 0. The Bertz CT molecular complexity index is 455. The molecule has 0 unspecified atom stereocenters. The normalized spacial score (nSPS) is 18.1. The third kappa shape index (κ3) is 1.94. The van der Waals surface area contributed by atoms with Crippen molar-refractivity contribution in [3.8, 4) is 5.75 Å². The van der Waals surface area contributed by atoms with Crippen LogP contribution in [-0.4, -0.2) is 12.5 Å². The number of amides is 1. The van der Waals surface area contributed by atoms with E-state index in [0.29, 0.717) is 6.61 Å². The van der Waals surface area contributed by atoms with Crippen LogP contribution in [0, 0.1) is 12.3 Å². The maximum atomic E-state index is 11.9. The fourth-order valence-corrected chi connectivity index (χ4v) is 2.20. The van der Waals surface area contributed by atoms with Gasteiger partial charge in [-0.15, -0.1) is 0 Å². The van der Waals surface area contributed by atoms with Gasteiger partial charge in [-0.25, -0.2) is 0 Å². The van der Waals surface area contributed by atoms with Crippen LogP contribution >= 0.6 is 15.9 Å². The minimum absolute atomic E-state index is 0.0104. The number of fused-ring (bicyclic) bond motifs is 1. The Labute approximate surface area is 103 Å². The molecule has 1 N–H and O–H groups in total. The molecular formula is C12H14BrNO2. The molecule has 1 aliphatic heterocycles. The number of hydrogen-bond donors (Lipinski definition) is 1. The molecule has 1 amide bonds. The van der Waals surface area contributed by atoms with E-state index in [0.717, 1.165) is 21.5 Å². The van der Waals surface area contributed by atoms with Gasteiger partial charge in [0.1, 0.15) is 12.4 Å². The predicted octanol–water partition coefficient (Wildman–Crippen LogP) is 3.11. The Balaban J connectivity index is 2.49. The molecule has 0 spiro atoms. The minimum atomic E-state index is -0.502. The number of carbonyl (C=O) groups is 1. The van der Waals surface area contributed by atoms with E-state index in [-0.39, 0.29) is 5.91 Å². The van der Waals surface area contributed by atoms with Crippen molar-refractivity contribution in [2.45, 2.75) is 20.8 Å². The summed E-state index contributed by atoms with van der Waals surface area (Å²) < 4.78 is 6.65. The Hall–Kier alpha value is -1.03. The third-order valence-electron chi connectivity index (χ3n) is 2.68. The van der Waals surface area contributed by atoms with Crippen molar-refractivity contribution >= 4 is 27.5 Å². The molecule has 1 aromatic rings. The second kappa shape index (κ2) is 3.77. The molecule has 86 valence electrons. The minimum Gasteiger partial charge on any atom is -0.490 e. The summed E-state index contributed by atoms with van der Waals surface area (Å²) in [6.45, 7) is 6.11. The van der Waals surface area contributed by atoms with Crippen LogP contribution in [0.3, 0.4) is 0 Å². The highest BCUT2D eigenvalue weighted by Gasteiger charge is 2.32. The van der Waals surface area contributed by atoms with Crippen LogP contribution in [0.2, 0.25) is 0 Å². The number of ether oxygens (including phenoxy) is 1. The summed E-state index contributed by atoms with van der Waals surface area (Å²) >= 11 is 3.41. The lowest BCUT2D eigenvalue weighted by atomic mass is 9.94. The van der Waals surface area contributed by atoms with E-state index in [9.17, 15) is 4.79 Å². The van der Waals surface area contributed by atoms with Gasteiger partial charge in [-0.3, -0.25) is 4.79 Å². The second-order valence-corrected chi connectivity index (χ2v) is 5.64. The molecule has 0 radical (unpaired) electrons. The number of benzene rings is 1. The van der Waals surface area contributed by atoms with Gasteiger partial charge < -0.3 is 10.1 Å². The average Bonchev–Trinajstić information content (AvgIpc) is 2.25. The molecule has 0 saturated heterocycles. The standard InChI is InChI=1S/C12H14BrNO2/c1-7-4-8(13)5-9-10(7)16-6-12(2,3)11(15)14-9/h4-5H,6H2,1-3H3,(H,14,15). The summed E-state index contributed by atoms with van der Waals surface area (Å²) in [6.07, 6.45) is 0. The Morgan fingerprint density at radius 3 is 2.81 bits per heavy atom. The fraction of sp³-hybridized carbons (Fsp3) is 0.417. The molecule has 16 heavy (non-hydrogen) atoms. The molecule has 3 nitrogen and oxygen atoms in total. The molecule has 2 rings (SSSR count). The van der Waals surface area contributed by atoms with Gasteiger partial charge in [0.2, 0.25) is 5.91 Å².